The Bertz CT molecular complexity index is 678. The van der Waals surface area contributed by atoms with Crippen molar-refractivity contribution in [2.24, 2.45) is 0 Å². The molecule has 0 saturated heterocycles. The monoisotopic (exact) mass is 307 g/mol. The molecule has 2 heterocycles. The Balaban J connectivity index is 2.30. The number of hydrogen-bond donors (Lipinski definition) is 1. The third-order valence-corrected chi connectivity index (χ3v) is 2.87. The van der Waals surface area contributed by atoms with E-state index in [0.29, 0.717) is 23.4 Å². The van der Waals surface area contributed by atoms with Crippen LogP contribution in [0.3, 0.4) is 0 Å². The molecule has 0 fully saturated rings. The molecule has 0 spiro atoms. The number of carbonyl (C=O) groups is 1. The molecule has 8 heteroatoms. The second-order valence-electron chi connectivity index (χ2n) is 4.21. The topological polar surface area (TPSA) is 89.9 Å². The summed E-state index contributed by atoms with van der Waals surface area (Å²) in [4.78, 5) is 20.3. The maximum atomic E-state index is 12.3. The van der Waals surface area contributed by atoms with Crippen LogP contribution in [0.2, 0.25) is 5.15 Å². The Morgan fingerprint density at radius 1 is 1.33 bits per heavy atom. The number of aryl methyl sites for hydroxylation is 2. The van der Waals surface area contributed by atoms with E-state index in [1.54, 1.807) is 13.0 Å². The van der Waals surface area contributed by atoms with Gasteiger partial charge in [0.2, 0.25) is 11.8 Å². The van der Waals surface area contributed by atoms with Crippen LogP contribution >= 0.6 is 11.6 Å². The fraction of sp³-hybridized carbons (Fsp3) is 0.308. The van der Waals surface area contributed by atoms with Gasteiger partial charge >= 0.3 is 0 Å². The third-order valence-electron chi connectivity index (χ3n) is 2.68. The summed E-state index contributed by atoms with van der Waals surface area (Å²) in [5, 5.41) is 10.7. The van der Waals surface area contributed by atoms with Gasteiger partial charge in [0.15, 0.2) is 0 Å². The molecule has 2 aromatic rings. The van der Waals surface area contributed by atoms with Gasteiger partial charge in [-0.1, -0.05) is 18.5 Å². The third kappa shape index (κ3) is 3.63. The summed E-state index contributed by atoms with van der Waals surface area (Å²) < 4.78 is 4.98. The van der Waals surface area contributed by atoms with Crippen LogP contribution in [-0.2, 0) is 6.42 Å². The first kappa shape index (κ1) is 15.1. The molecular weight excluding hydrogens is 294 g/mol. The zero-order chi connectivity index (χ0) is 15.4. The molecule has 2 rings (SSSR count). The summed E-state index contributed by atoms with van der Waals surface area (Å²) >= 11 is 5.84. The van der Waals surface area contributed by atoms with Crippen molar-refractivity contribution in [3.63, 3.8) is 0 Å². The first-order valence-corrected chi connectivity index (χ1v) is 6.64. The number of halogens is 1. The van der Waals surface area contributed by atoms with Gasteiger partial charge in [-0.15, -0.1) is 0 Å². The van der Waals surface area contributed by atoms with Gasteiger partial charge in [0.05, 0.1) is 24.1 Å². The fourth-order valence-corrected chi connectivity index (χ4v) is 1.87. The number of amides is 1. The van der Waals surface area contributed by atoms with E-state index < -0.39 is 0 Å². The molecule has 21 heavy (non-hydrogen) atoms. The summed E-state index contributed by atoms with van der Waals surface area (Å²) in [5.74, 6) is -0.0277. The van der Waals surface area contributed by atoms with Crippen molar-refractivity contribution in [3.05, 3.63) is 34.2 Å². The Morgan fingerprint density at radius 2 is 2.10 bits per heavy atom. The number of carbonyl (C=O) groups excluding carboxylic acids is 1. The smallest absolute Gasteiger partial charge is 0.260 e. The number of anilines is 1. The average molecular weight is 308 g/mol. The van der Waals surface area contributed by atoms with E-state index in [9.17, 15) is 4.79 Å². The molecule has 0 saturated carbocycles. The quantitative estimate of drug-likeness (QED) is 0.869. The Hall–Kier alpha value is -2.28. The molecule has 0 unspecified atom stereocenters. The molecule has 0 aliphatic carbocycles. The van der Waals surface area contributed by atoms with Crippen molar-refractivity contribution >= 4 is 23.5 Å². The van der Waals surface area contributed by atoms with Gasteiger partial charge < -0.3 is 4.74 Å². The van der Waals surface area contributed by atoms with Crippen LogP contribution < -0.4 is 10.1 Å². The summed E-state index contributed by atoms with van der Waals surface area (Å²) in [6.45, 7) is 3.66. The van der Waals surface area contributed by atoms with Crippen molar-refractivity contribution in [2.75, 3.05) is 12.4 Å². The van der Waals surface area contributed by atoms with E-state index in [0.717, 1.165) is 0 Å². The molecule has 0 aliphatic heterocycles. The molecule has 7 nitrogen and oxygen atoms in total. The van der Waals surface area contributed by atoms with Crippen LogP contribution in [0.1, 0.15) is 28.7 Å². The van der Waals surface area contributed by atoms with Crippen molar-refractivity contribution in [3.8, 4) is 5.88 Å². The first-order valence-electron chi connectivity index (χ1n) is 6.26. The maximum Gasteiger partial charge on any atom is 0.260 e. The Morgan fingerprint density at radius 3 is 2.76 bits per heavy atom. The van der Waals surface area contributed by atoms with Crippen LogP contribution in [-0.4, -0.2) is 33.2 Å². The number of nitrogens with one attached hydrogen (secondary N) is 1. The second kappa shape index (κ2) is 6.45. The number of rotatable bonds is 4. The van der Waals surface area contributed by atoms with Gasteiger partial charge in [-0.05, 0) is 19.4 Å². The van der Waals surface area contributed by atoms with E-state index in [2.05, 4.69) is 25.5 Å². The van der Waals surface area contributed by atoms with Crippen molar-refractivity contribution < 1.29 is 9.53 Å². The molecule has 1 N–H and O–H groups in total. The highest BCUT2D eigenvalue weighted by Gasteiger charge is 2.15. The molecule has 0 bridgehead atoms. The summed E-state index contributed by atoms with van der Waals surface area (Å²) in [6, 6.07) is 3.12. The van der Waals surface area contributed by atoms with Crippen molar-refractivity contribution in [2.45, 2.75) is 20.3 Å². The molecule has 1 amide bonds. The van der Waals surface area contributed by atoms with E-state index >= 15 is 0 Å². The number of aromatic nitrogens is 4. The summed E-state index contributed by atoms with van der Waals surface area (Å²) in [7, 11) is 1.45. The minimum atomic E-state index is -0.367. The zero-order valence-corrected chi connectivity index (χ0v) is 12.6. The van der Waals surface area contributed by atoms with Gasteiger partial charge in [-0.25, -0.2) is 4.98 Å². The standard InChI is InChI=1S/C13H14ClN5O2/c1-4-9-8(5-7(2)18-19-9)12(20)17-13-15-10(14)6-11(16-13)21-3/h5-6H,4H2,1-3H3,(H,15,16,17,20). The first-order chi connectivity index (χ1) is 10.0. The van der Waals surface area contributed by atoms with E-state index in [4.69, 9.17) is 16.3 Å². The van der Waals surface area contributed by atoms with Gasteiger partial charge in [0.1, 0.15) is 5.15 Å². The molecule has 110 valence electrons. The minimum absolute atomic E-state index is 0.0702. The highest BCUT2D eigenvalue weighted by molar-refractivity contribution is 6.29. The summed E-state index contributed by atoms with van der Waals surface area (Å²) in [6.07, 6.45) is 0.593. The number of hydrogen-bond acceptors (Lipinski definition) is 6. The van der Waals surface area contributed by atoms with Gasteiger partial charge in [0, 0.05) is 6.07 Å². The van der Waals surface area contributed by atoms with Crippen LogP contribution in [0.25, 0.3) is 0 Å². The lowest BCUT2D eigenvalue weighted by atomic mass is 10.1. The number of ether oxygens (including phenoxy) is 1. The van der Waals surface area contributed by atoms with E-state index in [1.165, 1.54) is 13.2 Å². The fourth-order valence-electron chi connectivity index (χ4n) is 1.70. The highest BCUT2D eigenvalue weighted by Crippen LogP contribution is 2.17. The number of methoxy groups -OCH3 is 1. The Labute approximate surface area is 126 Å². The van der Waals surface area contributed by atoms with Crippen LogP contribution in [0.5, 0.6) is 5.88 Å². The van der Waals surface area contributed by atoms with Gasteiger partial charge in [-0.2, -0.15) is 15.2 Å². The van der Waals surface area contributed by atoms with E-state index in [1.807, 2.05) is 6.92 Å². The molecular formula is C13H14ClN5O2. The average Bonchev–Trinajstić information content (AvgIpc) is 2.46. The number of nitrogens with zero attached hydrogens (tertiary/aromatic N) is 4. The maximum absolute atomic E-state index is 12.3. The van der Waals surface area contributed by atoms with Crippen molar-refractivity contribution in [1.82, 2.24) is 20.2 Å². The molecule has 0 atom stereocenters. The molecule has 0 radical (unpaired) electrons. The summed E-state index contributed by atoms with van der Waals surface area (Å²) in [5.41, 5.74) is 1.70. The SMILES string of the molecule is CCc1nnc(C)cc1C(=O)Nc1nc(Cl)cc(OC)n1. The minimum Gasteiger partial charge on any atom is -0.481 e. The molecule has 0 aliphatic rings. The lowest BCUT2D eigenvalue weighted by Crippen LogP contribution is -2.18. The molecule has 2 aromatic heterocycles. The highest BCUT2D eigenvalue weighted by atomic mass is 35.5. The Kier molecular flexibility index (Phi) is 4.64. The predicted octanol–water partition coefficient (Wildman–Crippen LogP) is 2.05. The van der Waals surface area contributed by atoms with Crippen LogP contribution in [0.4, 0.5) is 5.95 Å². The van der Waals surface area contributed by atoms with Crippen molar-refractivity contribution in [1.29, 1.82) is 0 Å². The lowest BCUT2D eigenvalue weighted by Gasteiger charge is -2.08. The second-order valence-corrected chi connectivity index (χ2v) is 4.60. The van der Waals surface area contributed by atoms with Crippen LogP contribution in [0.15, 0.2) is 12.1 Å². The normalized spacial score (nSPS) is 10.3. The van der Waals surface area contributed by atoms with Crippen LogP contribution in [0, 0.1) is 6.92 Å². The van der Waals surface area contributed by atoms with Gasteiger partial charge in [-0.3, -0.25) is 10.1 Å². The van der Waals surface area contributed by atoms with Gasteiger partial charge in [0.25, 0.3) is 5.91 Å². The molecule has 0 aromatic carbocycles. The largest absolute Gasteiger partial charge is 0.481 e. The zero-order valence-electron chi connectivity index (χ0n) is 11.8. The predicted molar refractivity (Wildman–Crippen MR) is 77.7 cm³/mol. The lowest BCUT2D eigenvalue weighted by molar-refractivity contribution is 0.102. The van der Waals surface area contributed by atoms with E-state index in [-0.39, 0.29) is 22.9 Å².